The van der Waals surface area contributed by atoms with Gasteiger partial charge in [0, 0.05) is 0 Å². The van der Waals surface area contributed by atoms with Crippen molar-refractivity contribution in [3.63, 3.8) is 0 Å². The number of benzene rings is 3. The molecule has 3 aromatic carbocycles. The quantitative estimate of drug-likeness (QED) is 0.266. The molecule has 1 heterocycles. The molecule has 1 saturated heterocycles. The molecule has 1 fully saturated rings. The van der Waals surface area contributed by atoms with Crippen LogP contribution < -0.4 is 0 Å². The molecule has 0 aliphatic carbocycles. The van der Waals surface area contributed by atoms with Gasteiger partial charge in [0.2, 0.25) is 0 Å². The predicted molar refractivity (Wildman–Crippen MR) is 145 cm³/mol. The highest BCUT2D eigenvalue weighted by atomic mass is 16.6. The van der Waals surface area contributed by atoms with Crippen molar-refractivity contribution in [2.45, 2.75) is 50.7 Å². The molecule has 7 nitrogen and oxygen atoms in total. The molecule has 0 N–H and O–H groups in total. The van der Waals surface area contributed by atoms with E-state index >= 15 is 0 Å². The molecule has 2 unspecified atom stereocenters. The highest BCUT2D eigenvalue weighted by molar-refractivity contribution is 5.17. The molecule has 1 aliphatic heterocycles. The third-order valence-electron chi connectivity index (χ3n) is 6.84. The van der Waals surface area contributed by atoms with Crippen molar-refractivity contribution in [2.75, 3.05) is 19.8 Å². The topological polar surface area (TPSA) is 93.7 Å². The second-order valence-electron chi connectivity index (χ2n) is 9.68. The van der Waals surface area contributed by atoms with Crippen LogP contribution in [0.2, 0.25) is 0 Å². The van der Waals surface area contributed by atoms with Gasteiger partial charge in [0.25, 0.3) is 0 Å². The maximum atomic E-state index is 10.1. The van der Waals surface area contributed by atoms with Crippen molar-refractivity contribution >= 4 is 0 Å². The van der Waals surface area contributed by atoms with Crippen LogP contribution in [0.3, 0.4) is 0 Å². The fraction of sp³-hybridized carbons (Fsp3) is 0.375. The van der Waals surface area contributed by atoms with Gasteiger partial charge in [-0.3, -0.25) is 0 Å². The van der Waals surface area contributed by atoms with Crippen LogP contribution >= 0.6 is 0 Å². The van der Waals surface area contributed by atoms with E-state index in [1.807, 2.05) is 104 Å². The van der Waals surface area contributed by atoms with Crippen molar-refractivity contribution in [1.29, 1.82) is 10.5 Å². The van der Waals surface area contributed by atoms with Gasteiger partial charge in [-0.25, -0.2) is 0 Å². The van der Waals surface area contributed by atoms with Gasteiger partial charge in [-0.1, -0.05) is 91.0 Å². The first kappa shape index (κ1) is 28.4. The Kier molecular flexibility index (Phi) is 10.6. The lowest BCUT2D eigenvalue weighted by molar-refractivity contribution is -0.154. The van der Waals surface area contributed by atoms with E-state index in [1.54, 1.807) is 0 Å². The van der Waals surface area contributed by atoms with E-state index in [0.717, 1.165) is 16.7 Å². The molecule has 5 atom stereocenters. The van der Waals surface area contributed by atoms with Gasteiger partial charge < -0.3 is 23.7 Å². The first-order valence-corrected chi connectivity index (χ1v) is 13.1. The Morgan fingerprint density at radius 1 is 0.795 bits per heavy atom. The smallest absolute Gasteiger partial charge is 0.133 e. The van der Waals surface area contributed by atoms with E-state index < -0.39 is 29.8 Å². The van der Waals surface area contributed by atoms with E-state index in [1.165, 1.54) is 0 Å². The summed E-state index contributed by atoms with van der Waals surface area (Å²) >= 11 is 0. The fourth-order valence-corrected chi connectivity index (χ4v) is 4.85. The van der Waals surface area contributed by atoms with Crippen LogP contribution in [0, 0.1) is 28.6 Å². The first-order valence-electron chi connectivity index (χ1n) is 13.1. The van der Waals surface area contributed by atoms with Crippen molar-refractivity contribution in [1.82, 2.24) is 0 Å². The largest absolute Gasteiger partial charge is 0.374 e. The average molecular weight is 527 g/mol. The number of nitriles is 2. The lowest BCUT2D eigenvalue weighted by atomic mass is 9.85. The SMILES string of the molecule is C[C@]1(OCc2ccccc2)C(C(C#N)COCC#N)O[C@H](COCc2ccccc2)[C@H]1OCc1ccccc1. The van der Waals surface area contributed by atoms with Gasteiger partial charge in [-0.2, -0.15) is 10.5 Å². The number of hydrogen-bond acceptors (Lipinski definition) is 7. The van der Waals surface area contributed by atoms with E-state index in [-0.39, 0.29) is 19.8 Å². The summed E-state index contributed by atoms with van der Waals surface area (Å²) in [5, 5.41) is 19.0. The molecule has 7 heteroatoms. The fourth-order valence-electron chi connectivity index (χ4n) is 4.85. The molecule has 0 spiro atoms. The highest BCUT2D eigenvalue weighted by Crippen LogP contribution is 2.41. The zero-order chi connectivity index (χ0) is 27.3. The summed E-state index contributed by atoms with van der Waals surface area (Å²) in [6.07, 6.45) is -1.69. The van der Waals surface area contributed by atoms with Crippen LogP contribution in [0.4, 0.5) is 0 Å². The van der Waals surface area contributed by atoms with Crippen molar-refractivity contribution in [3.05, 3.63) is 108 Å². The molecule has 3 aromatic rings. The van der Waals surface area contributed by atoms with Crippen LogP contribution in [0.1, 0.15) is 23.6 Å². The van der Waals surface area contributed by atoms with Gasteiger partial charge in [-0.05, 0) is 23.6 Å². The summed E-state index contributed by atoms with van der Waals surface area (Å²) in [5.41, 5.74) is 2.07. The van der Waals surface area contributed by atoms with Gasteiger partial charge in [0.1, 0.15) is 30.5 Å². The van der Waals surface area contributed by atoms with Crippen molar-refractivity contribution < 1.29 is 23.7 Å². The Bertz CT molecular complexity index is 1210. The number of rotatable bonds is 14. The first-order chi connectivity index (χ1) is 19.1. The van der Waals surface area contributed by atoms with E-state index in [0.29, 0.717) is 19.8 Å². The molecular formula is C32H34N2O5. The maximum Gasteiger partial charge on any atom is 0.133 e. The lowest BCUT2D eigenvalue weighted by Crippen LogP contribution is -2.52. The number of hydrogen-bond donors (Lipinski definition) is 0. The molecular weight excluding hydrogens is 492 g/mol. The Morgan fingerprint density at radius 3 is 1.92 bits per heavy atom. The monoisotopic (exact) mass is 526 g/mol. The zero-order valence-corrected chi connectivity index (χ0v) is 22.1. The van der Waals surface area contributed by atoms with Crippen LogP contribution in [0.15, 0.2) is 91.0 Å². The standard InChI is InChI=1S/C32H34N2O5/c1-32(38-22-27-15-9-4-10-16-27)30(28(19-34)23-35-18-17-33)39-29(24-36-20-25-11-5-2-6-12-25)31(32)37-21-26-13-7-3-8-14-26/h2-16,28-31H,18,20-24H2,1H3/t28?,29-,30?,31-,32+/m1/s1. The Morgan fingerprint density at radius 2 is 1.36 bits per heavy atom. The Labute approximate surface area is 230 Å². The molecule has 0 bridgehead atoms. The second-order valence-corrected chi connectivity index (χ2v) is 9.68. The predicted octanol–water partition coefficient (Wildman–Crippen LogP) is 5.21. The molecule has 4 rings (SSSR count). The summed E-state index contributed by atoms with van der Waals surface area (Å²) in [7, 11) is 0. The summed E-state index contributed by atoms with van der Waals surface area (Å²) < 4.78 is 31.2. The summed E-state index contributed by atoms with van der Waals surface area (Å²) in [5.74, 6) is -0.680. The van der Waals surface area contributed by atoms with Crippen molar-refractivity contribution in [3.8, 4) is 12.1 Å². The average Bonchev–Trinajstić information content (AvgIpc) is 3.25. The Hall–Kier alpha value is -3.56. The van der Waals surface area contributed by atoms with Gasteiger partial charge in [-0.15, -0.1) is 0 Å². The summed E-state index contributed by atoms with van der Waals surface area (Å²) in [4.78, 5) is 0. The van der Waals surface area contributed by atoms with Crippen molar-refractivity contribution in [2.24, 2.45) is 5.92 Å². The normalized spacial score (nSPS) is 23.1. The van der Waals surface area contributed by atoms with Crippen LogP contribution in [0.25, 0.3) is 0 Å². The van der Waals surface area contributed by atoms with E-state index in [4.69, 9.17) is 28.9 Å². The lowest BCUT2D eigenvalue weighted by Gasteiger charge is -2.37. The van der Waals surface area contributed by atoms with E-state index in [9.17, 15) is 5.26 Å². The minimum atomic E-state index is -0.998. The maximum absolute atomic E-state index is 10.1. The summed E-state index contributed by atoms with van der Waals surface area (Å²) in [6.45, 7) is 3.21. The number of ether oxygens (including phenoxy) is 5. The Balaban J connectivity index is 1.58. The zero-order valence-electron chi connectivity index (χ0n) is 22.1. The summed E-state index contributed by atoms with van der Waals surface area (Å²) in [6, 6.07) is 34.0. The third-order valence-corrected chi connectivity index (χ3v) is 6.84. The van der Waals surface area contributed by atoms with Gasteiger partial charge in [0.15, 0.2) is 0 Å². The minimum absolute atomic E-state index is 0.0437. The minimum Gasteiger partial charge on any atom is -0.374 e. The molecule has 0 radical (unpaired) electrons. The van der Waals surface area contributed by atoms with E-state index in [2.05, 4.69) is 6.07 Å². The van der Waals surface area contributed by atoms with Gasteiger partial charge in [0.05, 0.1) is 51.1 Å². The number of nitrogens with zero attached hydrogens (tertiary/aromatic N) is 2. The third kappa shape index (κ3) is 7.74. The van der Waals surface area contributed by atoms with Crippen LogP contribution in [-0.2, 0) is 43.5 Å². The van der Waals surface area contributed by atoms with Crippen LogP contribution in [0.5, 0.6) is 0 Å². The van der Waals surface area contributed by atoms with Gasteiger partial charge >= 0.3 is 0 Å². The molecule has 39 heavy (non-hydrogen) atoms. The molecule has 0 saturated carbocycles. The second kappa shape index (κ2) is 14.6. The molecule has 202 valence electrons. The molecule has 0 amide bonds. The molecule has 1 aliphatic rings. The van der Waals surface area contributed by atoms with Crippen LogP contribution in [-0.4, -0.2) is 43.7 Å². The molecule has 0 aromatic heterocycles. The highest BCUT2D eigenvalue weighted by Gasteiger charge is 2.58.